The van der Waals surface area contributed by atoms with E-state index in [1.165, 1.54) is 4.90 Å². The number of carbonyl (C=O) groups is 1. The first-order valence-electron chi connectivity index (χ1n) is 9.93. The molecule has 1 atom stereocenters. The predicted octanol–water partition coefficient (Wildman–Crippen LogP) is 0.143. The largest absolute Gasteiger partial charge is 0.454 e. The molecule has 2 aromatic rings. The Morgan fingerprint density at radius 3 is 2.53 bits per heavy atom. The summed E-state index contributed by atoms with van der Waals surface area (Å²) < 4.78 is 51.0. The van der Waals surface area contributed by atoms with E-state index in [2.05, 4.69) is 5.32 Å². The Balaban J connectivity index is 1.30. The minimum atomic E-state index is -1.59. The van der Waals surface area contributed by atoms with Crippen LogP contribution in [-0.2, 0) is 11.3 Å². The van der Waals surface area contributed by atoms with Crippen LogP contribution in [0.15, 0.2) is 30.3 Å². The highest BCUT2D eigenvalue weighted by Crippen LogP contribution is 2.32. The van der Waals surface area contributed by atoms with Gasteiger partial charge in [-0.15, -0.1) is 0 Å². The van der Waals surface area contributed by atoms with Gasteiger partial charge < -0.3 is 24.6 Å². The van der Waals surface area contributed by atoms with E-state index < -0.39 is 29.4 Å². The van der Waals surface area contributed by atoms with Crippen LogP contribution in [0, 0.1) is 17.5 Å². The van der Waals surface area contributed by atoms with Crippen molar-refractivity contribution in [2.24, 2.45) is 0 Å². The first-order chi connectivity index (χ1) is 14.4. The topological polar surface area (TPSA) is 56.4 Å². The van der Waals surface area contributed by atoms with Crippen LogP contribution in [0.3, 0.4) is 0 Å². The average molecular weight is 423 g/mol. The SMILES string of the molecule is C[C@@H](C(=O)Nc1ccc(F)c(F)c1F)[NH+]1CC[NH+](Cc2ccc3c(c2)OCO3)CC1. The summed E-state index contributed by atoms with van der Waals surface area (Å²) in [5.74, 6) is -3.15. The molecular formula is C21H24F3N3O3+2. The Morgan fingerprint density at radius 1 is 1.03 bits per heavy atom. The van der Waals surface area contributed by atoms with Crippen molar-refractivity contribution in [3.63, 3.8) is 0 Å². The normalized spacial score (nSPS) is 21.3. The molecule has 4 rings (SSSR count). The van der Waals surface area contributed by atoms with Crippen LogP contribution in [0.2, 0.25) is 0 Å². The van der Waals surface area contributed by atoms with Crippen molar-refractivity contribution >= 4 is 11.6 Å². The zero-order valence-electron chi connectivity index (χ0n) is 16.6. The third kappa shape index (κ3) is 4.22. The molecule has 0 aromatic heterocycles. The third-order valence-corrected chi connectivity index (χ3v) is 5.79. The fourth-order valence-corrected chi connectivity index (χ4v) is 3.92. The van der Waals surface area contributed by atoms with Crippen molar-refractivity contribution in [2.45, 2.75) is 19.5 Å². The van der Waals surface area contributed by atoms with Crippen molar-refractivity contribution in [3.05, 3.63) is 53.3 Å². The lowest BCUT2D eigenvalue weighted by Gasteiger charge is -2.32. The van der Waals surface area contributed by atoms with Crippen LogP contribution < -0.4 is 24.6 Å². The van der Waals surface area contributed by atoms with Gasteiger partial charge in [-0.3, -0.25) is 4.79 Å². The Bertz CT molecular complexity index is 949. The number of nitrogens with one attached hydrogen (secondary N) is 3. The number of quaternary nitrogens is 2. The second-order valence-electron chi connectivity index (χ2n) is 7.71. The summed E-state index contributed by atoms with van der Waals surface area (Å²) in [6, 6.07) is 7.34. The van der Waals surface area contributed by atoms with E-state index in [4.69, 9.17) is 9.47 Å². The second kappa shape index (κ2) is 8.53. The van der Waals surface area contributed by atoms with Gasteiger partial charge in [0.05, 0.1) is 5.69 Å². The molecule has 2 heterocycles. The van der Waals surface area contributed by atoms with Crippen LogP contribution in [0.4, 0.5) is 18.9 Å². The molecule has 0 spiro atoms. The van der Waals surface area contributed by atoms with Crippen molar-refractivity contribution < 1.29 is 37.2 Å². The maximum atomic E-state index is 13.8. The third-order valence-electron chi connectivity index (χ3n) is 5.79. The molecule has 2 aromatic carbocycles. The van der Waals surface area contributed by atoms with Gasteiger partial charge in [0.15, 0.2) is 35.0 Å². The Morgan fingerprint density at radius 2 is 1.77 bits per heavy atom. The number of carbonyl (C=O) groups excluding carboxylic acids is 1. The van der Waals surface area contributed by atoms with Crippen LogP contribution in [0.1, 0.15) is 12.5 Å². The minimum Gasteiger partial charge on any atom is -0.454 e. The summed E-state index contributed by atoms with van der Waals surface area (Å²) in [5, 5.41) is 2.38. The Hall–Kier alpha value is -2.78. The smallest absolute Gasteiger partial charge is 0.282 e. The molecule has 0 saturated carbocycles. The molecule has 2 aliphatic rings. The summed E-state index contributed by atoms with van der Waals surface area (Å²) in [5.41, 5.74) is 0.814. The highest BCUT2D eigenvalue weighted by molar-refractivity contribution is 5.93. The van der Waals surface area contributed by atoms with E-state index in [-0.39, 0.29) is 12.5 Å². The predicted molar refractivity (Wildman–Crippen MR) is 102 cm³/mol. The lowest BCUT2D eigenvalue weighted by molar-refractivity contribution is -1.02. The molecule has 160 valence electrons. The molecular weight excluding hydrogens is 399 g/mol. The molecule has 0 aliphatic carbocycles. The Labute approximate surface area is 172 Å². The molecule has 9 heteroatoms. The maximum Gasteiger partial charge on any atom is 0.282 e. The van der Waals surface area contributed by atoms with Crippen molar-refractivity contribution in [1.29, 1.82) is 0 Å². The van der Waals surface area contributed by atoms with Crippen molar-refractivity contribution in [2.75, 3.05) is 38.3 Å². The van der Waals surface area contributed by atoms with E-state index in [1.54, 1.807) is 6.92 Å². The fourth-order valence-electron chi connectivity index (χ4n) is 3.92. The number of hydrogen-bond donors (Lipinski definition) is 3. The number of piperazine rings is 1. The second-order valence-corrected chi connectivity index (χ2v) is 7.71. The van der Waals surface area contributed by atoms with Gasteiger partial charge in [-0.1, -0.05) is 0 Å². The first-order valence-corrected chi connectivity index (χ1v) is 9.93. The highest BCUT2D eigenvalue weighted by atomic mass is 19.2. The molecule has 30 heavy (non-hydrogen) atoms. The standard InChI is InChI=1S/C21H22F3N3O3/c1-13(21(28)25-16-4-3-15(22)19(23)20(16)24)27-8-6-26(7-9-27)11-14-2-5-17-18(10-14)30-12-29-17/h2-5,10,13H,6-9,11-12H2,1H3,(H,25,28)/p+2/t13-/m0/s1. The molecule has 1 fully saturated rings. The van der Waals surface area contributed by atoms with Crippen molar-refractivity contribution in [1.82, 2.24) is 0 Å². The van der Waals surface area contributed by atoms with Gasteiger partial charge in [0, 0.05) is 5.56 Å². The van der Waals surface area contributed by atoms with Gasteiger partial charge in [-0.25, -0.2) is 13.2 Å². The summed E-state index contributed by atoms with van der Waals surface area (Å²) >= 11 is 0. The lowest BCUT2D eigenvalue weighted by atomic mass is 10.1. The number of ether oxygens (including phenoxy) is 2. The number of amides is 1. The maximum absolute atomic E-state index is 13.8. The Kier molecular flexibility index (Phi) is 5.83. The summed E-state index contributed by atoms with van der Waals surface area (Å²) in [6.07, 6.45) is 0. The minimum absolute atomic E-state index is 0.252. The molecule has 1 saturated heterocycles. The van der Waals surface area contributed by atoms with Gasteiger partial charge in [-0.2, -0.15) is 0 Å². The van der Waals surface area contributed by atoms with E-state index in [9.17, 15) is 18.0 Å². The van der Waals surface area contributed by atoms with E-state index in [0.29, 0.717) is 0 Å². The molecule has 0 radical (unpaired) electrons. The molecule has 0 unspecified atom stereocenters. The molecule has 6 nitrogen and oxygen atoms in total. The molecule has 2 aliphatic heterocycles. The fraction of sp³-hybridized carbons (Fsp3) is 0.381. The molecule has 1 amide bonds. The quantitative estimate of drug-likeness (QED) is 0.600. The number of benzene rings is 2. The van der Waals surface area contributed by atoms with Crippen LogP contribution >= 0.6 is 0 Å². The molecule has 3 N–H and O–H groups in total. The van der Waals surface area contributed by atoms with Crippen LogP contribution in [-0.4, -0.2) is 44.9 Å². The zero-order chi connectivity index (χ0) is 21.3. The van der Waals surface area contributed by atoms with Crippen LogP contribution in [0.25, 0.3) is 0 Å². The van der Waals surface area contributed by atoms with E-state index in [1.807, 2.05) is 18.2 Å². The average Bonchev–Trinajstić information content (AvgIpc) is 3.22. The van der Waals surface area contributed by atoms with Gasteiger partial charge in [0.25, 0.3) is 5.91 Å². The number of halogens is 3. The summed E-state index contributed by atoms with van der Waals surface area (Å²) in [6.45, 7) is 6.16. The van der Waals surface area contributed by atoms with Gasteiger partial charge in [0.2, 0.25) is 6.79 Å². The highest BCUT2D eigenvalue weighted by Gasteiger charge is 2.32. The number of anilines is 1. The van der Waals surface area contributed by atoms with Gasteiger partial charge in [-0.05, 0) is 37.3 Å². The number of hydrogen-bond acceptors (Lipinski definition) is 3. The summed E-state index contributed by atoms with van der Waals surface area (Å²) in [7, 11) is 0. The molecule has 0 bridgehead atoms. The van der Waals surface area contributed by atoms with E-state index >= 15 is 0 Å². The number of rotatable bonds is 5. The van der Waals surface area contributed by atoms with Crippen LogP contribution in [0.5, 0.6) is 11.5 Å². The lowest BCUT2D eigenvalue weighted by Crippen LogP contribution is -3.29. The summed E-state index contributed by atoms with van der Waals surface area (Å²) in [4.78, 5) is 15.0. The van der Waals surface area contributed by atoms with E-state index in [0.717, 1.165) is 66.8 Å². The van der Waals surface area contributed by atoms with Crippen molar-refractivity contribution in [3.8, 4) is 11.5 Å². The van der Waals surface area contributed by atoms with Gasteiger partial charge in [0.1, 0.15) is 32.7 Å². The number of fused-ring (bicyclic) bond motifs is 1. The zero-order valence-corrected chi connectivity index (χ0v) is 16.6. The first kappa shape index (κ1) is 20.5. The monoisotopic (exact) mass is 423 g/mol. The van der Waals surface area contributed by atoms with Gasteiger partial charge >= 0.3 is 0 Å².